The van der Waals surface area contributed by atoms with E-state index < -0.39 is 74.2 Å². The first kappa shape index (κ1) is 78.3. The van der Waals surface area contributed by atoms with E-state index in [9.17, 15) is 40.5 Å². The molecule has 1 rings (SSSR count). The number of amides is 1. The van der Waals surface area contributed by atoms with Crippen LogP contribution < -0.4 is 5.32 Å². The maximum atomic E-state index is 13.2. The molecular weight excluding hydrogens is 1030 g/mol. The molecule has 11 nitrogen and oxygen atoms in total. The van der Waals surface area contributed by atoms with Crippen LogP contribution in [0.3, 0.4) is 0 Å². The first-order valence-corrected chi connectivity index (χ1v) is 35.4. The molecule has 82 heavy (non-hydrogen) atoms. The Morgan fingerprint density at radius 3 is 1.09 bits per heavy atom. The standard InChI is InChI=1S/C71H135NO10/c1-3-5-7-9-11-13-15-17-19-21-23-25-27-29-30-31-32-33-34-35-37-38-40-42-44-46-48-50-52-54-56-58-63(74)66(76)62(61-81-71-69(79)68(78)67(77)65(60-73)82-71)72-70(80)64(75)59-57-55-53-51-49-47-45-43-41-39-36-28-26-24-22-20-18-16-14-12-10-8-6-4-2/h36,39,42,44,50,52,62-69,71,73-79H,3-35,37-38,40-41,43,45-49,51,53-61H2,1-2H3,(H,72,80)/b39-36-,44-42+,52-50+. The lowest BCUT2D eigenvalue weighted by atomic mass is 9.98. The highest BCUT2D eigenvalue weighted by Crippen LogP contribution is 2.24. The van der Waals surface area contributed by atoms with Gasteiger partial charge >= 0.3 is 0 Å². The van der Waals surface area contributed by atoms with Gasteiger partial charge in [0.25, 0.3) is 0 Å². The highest BCUT2D eigenvalue weighted by atomic mass is 16.7. The van der Waals surface area contributed by atoms with Crippen molar-refractivity contribution in [1.29, 1.82) is 0 Å². The highest BCUT2D eigenvalue weighted by Gasteiger charge is 2.44. The molecule has 9 unspecified atom stereocenters. The average Bonchev–Trinajstić information content (AvgIpc) is 3.48. The van der Waals surface area contributed by atoms with Gasteiger partial charge < -0.3 is 50.5 Å². The van der Waals surface area contributed by atoms with E-state index in [2.05, 4.69) is 55.6 Å². The van der Waals surface area contributed by atoms with Gasteiger partial charge in [0, 0.05) is 0 Å². The zero-order valence-corrected chi connectivity index (χ0v) is 53.5. The van der Waals surface area contributed by atoms with Crippen molar-refractivity contribution in [3.8, 4) is 0 Å². The third-order valence-electron chi connectivity index (χ3n) is 17.1. The van der Waals surface area contributed by atoms with Crippen LogP contribution in [-0.2, 0) is 14.3 Å². The molecule has 1 saturated heterocycles. The van der Waals surface area contributed by atoms with E-state index >= 15 is 0 Å². The van der Waals surface area contributed by atoms with Crippen molar-refractivity contribution in [1.82, 2.24) is 5.32 Å². The topological polar surface area (TPSA) is 189 Å². The van der Waals surface area contributed by atoms with Gasteiger partial charge in [-0.2, -0.15) is 0 Å². The molecule has 0 bridgehead atoms. The average molecular weight is 1160 g/mol. The van der Waals surface area contributed by atoms with E-state index in [1.807, 2.05) is 0 Å². The Hall–Kier alpha value is -1.67. The van der Waals surface area contributed by atoms with Crippen molar-refractivity contribution < 1.29 is 50.0 Å². The molecule has 0 aliphatic carbocycles. The van der Waals surface area contributed by atoms with Gasteiger partial charge in [0.2, 0.25) is 5.91 Å². The van der Waals surface area contributed by atoms with E-state index in [1.165, 1.54) is 250 Å². The molecule has 0 aromatic heterocycles. The summed E-state index contributed by atoms with van der Waals surface area (Å²) in [5, 5.41) is 76.5. The fraction of sp³-hybridized carbons (Fsp3) is 0.901. The monoisotopic (exact) mass is 1160 g/mol. The molecule has 9 atom stereocenters. The number of rotatable bonds is 62. The summed E-state index contributed by atoms with van der Waals surface area (Å²) in [6.45, 7) is 3.49. The van der Waals surface area contributed by atoms with Crippen molar-refractivity contribution >= 4 is 5.91 Å². The lowest BCUT2D eigenvalue weighted by molar-refractivity contribution is -0.303. The van der Waals surface area contributed by atoms with Gasteiger partial charge in [-0.25, -0.2) is 0 Å². The number of carbonyl (C=O) groups excluding carboxylic acids is 1. The molecule has 1 aliphatic heterocycles. The Morgan fingerprint density at radius 2 is 0.732 bits per heavy atom. The number of allylic oxidation sites excluding steroid dienone is 6. The van der Waals surface area contributed by atoms with Crippen molar-refractivity contribution in [2.45, 2.75) is 396 Å². The number of aliphatic hydroxyl groups is 7. The first-order chi connectivity index (χ1) is 40.2. The summed E-state index contributed by atoms with van der Waals surface area (Å²) in [6.07, 6.45) is 65.2. The van der Waals surface area contributed by atoms with Gasteiger partial charge in [-0.15, -0.1) is 0 Å². The molecule has 8 N–H and O–H groups in total. The lowest BCUT2D eigenvalue weighted by Crippen LogP contribution is -2.60. The Kier molecular flexibility index (Phi) is 57.0. The number of carbonyl (C=O) groups is 1. The number of hydrogen-bond donors (Lipinski definition) is 8. The van der Waals surface area contributed by atoms with Crippen LogP contribution in [0.4, 0.5) is 0 Å². The smallest absolute Gasteiger partial charge is 0.249 e. The number of nitrogens with one attached hydrogen (secondary N) is 1. The Labute approximate surface area is 505 Å². The minimum absolute atomic E-state index is 0.247. The molecular formula is C71H135NO10. The third-order valence-corrected chi connectivity index (χ3v) is 17.1. The molecule has 1 fully saturated rings. The summed E-state index contributed by atoms with van der Waals surface area (Å²) in [6, 6.07) is -1.19. The van der Waals surface area contributed by atoms with E-state index in [4.69, 9.17) is 9.47 Å². The van der Waals surface area contributed by atoms with Gasteiger partial charge in [-0.3, -0.25) is 4.79 Å². The second-order valence-electron chi connectivity index (χ2n) is 24.9. The number of ether oxygens (including phenoxy) is 2. The summed E-state index contributed by atoms with van der Waals surface area (Å²) < 4.78 is 11.2. The van der Waals surface area contributed by atoms with Crippen LogP contribution in [0, 0.1) is 0 Å². The van der Waals surface area contributed by atoms with Crippen molar-refractivity contribution in [2.75, 3.05) is 13.2 Å². The van der Waals surface area contributed by atoms with Gasteiger partial charge in [-0.05, 0) is 77.0 Å². The SMILES string of the molecule is CCCCCCCCCCCCCC/C=C\CCCCCCCCCCC(O)C(=O)NC(COC1OC(CO)C(O)C(O)C1O)C(O)C(O)CCC/C=C/CC/C=C/CCCCCCCCCCCCCCCCCCCCCCCC. The Morgan fingerprint density at radius 1 is 0.415 bits per heavy atom. The van der Waals surface area contributed by atoms with Crippen LogP contribution in [-0.4, -0.2) is 110 Å². The number of aliphatic hydroxyl groups excluding tert-OH is 7. The van der Waals surface area contributed by atoms with Gasteiger partial charge in [0.15, 0.2) is 6.29 Å². The summed E-state index contributed by atoms with van der Waals surface area (Å²) >= 11 is 0. The van der Waals surface area contributed by atoms with E-state index in [1.54, 1.807) is 0 Å². The summed E-state index contributed by atoms with van der Waals surface area (Å²) in [5.74, 6) is -0.709. The third kappa shape index (κ3) is 46.5. The zero-order chi connectivity index (χ0) is 59.6. The van der Waals surface area contributed by atoms with Gasteiger partial charge in [0.1, 0.15) is 36.6 Å². The summed E-state index contributed by atoms with van der Waals surface area (Å²) in [5.41, 5.74) is 0. The summed E-state index contributed by atoms with van der Waals surface area (Å²) in [7, 11) is 0. The molecule has 0 aromatic carbocycles. The zero-order valence-electron chi connectivity index (χ0n) is 53.5. The lowest BCUT2D eigenvalue weighted by Gasteiger charge is -2.40. The first-order valence-electron chi connectivity index (χ1n) is 35.4. The van der Waals surface area contributed by atoms with E-state index in [0.717, 1.165) is 44.9 Å². The highest BCUT2D eigenvalue weighted by molar-refractivity contribution is 5.80. The van der Waals surface area contributed by atoms with Crippen LogP contribution >= 0.6 is 0 Å². The number of hydrogen-bond acceptors (Lipinski definition) is 10. The predicted octanol–water partition coefficient (Wildman–Crippen LogP) is 17.0. The van der Waals surface area contributed by atoms with Gasteiger partial charge in [0.05, 0.1) is 25.4 Å². The van der Waals surface area contributed by atoms with Crippen molar-refractivity contribution in [2.24, 2.45) is 0 Å². The molecule has 0 radical (unpaired) electrons. The molecule has 1 amide bonds. The maximum absolute atomic E-state index is 13.2. The quantitative estimate of drug-likeness (QED) is 0.0215. The molecule has 0 saturated carbocycles. The number of unbranched alkanes of at least 4 members (excludes halogenated alkanes) is 44. The fourth-order valence-corrected chi connectivity index (χ4v) is 11.5. The van der Waals surface area contributed by atoms with Gasteiger partial charge in [-0.1, -0.05) is 301 Å². The summed E-state index contributed by atoms with van der Waals surface area (Å²) in [4.78, 5) is 13.2. The van der Waals surface area contributed by atoms with E-state index in [-0.39, 0.29) is 12.8 Å². The van der Waals surface area contributed by atoms with Crippen LogP contribution in [0.15, 0.2) is 36.5 Å². The second-order valence-corrected chi connectivity index (χ2v) is 24.9. The molecule has 1 heterocycles. The molecule has 1 aliphatic rings. The Balaban J connectivity index is 2.23. The Bertz CT molecular complexity index is 1430. The second kappa shape index (κ2) is 59.7. The van der Waals surface area contributed by atoms with Crippen LogP contribution in [0.1, 0.15) is 341 Å². The van der Waals surface area contributed by atoms with Crippen molar-refractivity contribution in [3.05, 3.63) is 36.5 Å². The minimum Gasteiger partial charge on any atom is -0.394 e. The molecule has 0 spiro atoms. The normalized spacial score (nSPS) is 19.3. The fourth-order valence-electron chi connectivity index (χ4n) is 11.5. The van der Waals surface area contributed by atoms with Crippen LogP contribution in [0.2, 0.25) is 0 Å². The van der Waals surface area contributed by atoms with Crippen LogP contribution in [0.5, 0.6) is 0 Å². The van der Waals surface area contributed by atoms with Crippen LogP contribution in [0.25, 0.3) is 0 Å². The maximum Gasteiger partial charge on any atom is 0.249 e. The predicted molar refractivity (Wildman–Crippen MR) is 344 cm³/mol. The van der Waals surface area contributed by atoms with E-state index in [0.29, 0.717) is 19.3 Å². The molecule has 484 valence electrons. The molecule has 11 heteroatoms. The van der Waals surface area contributed by atoms with Crippen molar-refractivity contribution in [3.63, 3.8) is 0 Å². The minimum atomic E-state index is -1.67. The largest absolute Gasteiger partial charge is 0.394 e. The molecule has 0 aromatic rings.